The number of rotatable bonds is 0. The Labute approximate surface area is 66.0 Å². The lowest BCUT2D eigenvalue weighted by atomic mass is 10.3. The lowest BCUT2D eigenvalue weighted by molar-refractivity contribution is 0.600. The van der Waals surface area contributed by atoms with Gasteiger partial charge in [0.05, 0.1) is 4.47 Å². The van der Waals surface area contributed by atoms with Crippen molar-refractivity contribution < 1.29 is 4.42 Å². The zero-order chi connectivity index (χ0) is 6.97. The minimum Gasteiger partial charge on any atom is -0.442 e. The van der Waals surface area contributed by atoms with Crippen molar-refractivity contribution in [3.05, 3.63) is 29.1 Å². The first kappa shape index (κ1) is 5.92. The number of para-hydroxylation sites is 1. The Morgan fingerprint density at radius 2 is 2.30 bits per heavy atom. The maximum absolute atomic E-state index is 5.09. The highest BCUT2D eigenvalue weighted by Crippen LogP contribution is 2.21. The molecule has 0 unspecified atom stereocenters. The van der Waals surface area contributed by atoms with Crippen LogP contribution in [0.2, 0.25) is 0 Å². The minimum atomic E-state index is 0.808. The number of fused-ring (bicyclic) bond motifs is 1. The molecule has 0 N–H and O–H groups in total. The topological polar surface area (TPSA) is 26.0 Å². The highest BCUT2D eigenvalue weighted by atomic mass is 79.9. The largest absolute Gasteiger partial charge is 0.442 e. The van der Waals surface area contributed by atoms with Crippen LogP contribution in [0.5, 0.6) is 0 Å². The van der Waals surface area contributed by atoms with Gasteiger partial charge in [0.25, 0.3) is 0 Å². The molecular formula is C7H4BrNO. The van der Waals surface area contributed by atoms with Crippen LogP contribution < -0.4 is 0 Å². The predicted octanol–water partition coefficient (Wildman–Crippen LogP) is 2.59. The molecule has 0 atom stereocenters. The minimum absolute atomic E-state index is 0.808. The summed E-state index contributed by atoms with van der Waals surface area (Å²) in [5.41, 5.74) is 1.69. The lowest BCUT2D eigenvalue weighted by Gasteiger charge is -1.87. The van der Waals surface area contributed by atoms with Crippen molar-refractivity contribution >= 4 is 27.0 Å². The molecule has 3 heteroatoms. The first-order chi connectivity index (χ1) is 4.88. The fraction of sp³-hybridized carbons (Fsp3) is 0. The highest BCUT2D eigenvalue weighted by molar-refractivity contribution is 9.10. The van der Waals surface area contributed by atoms with Gasteiger partial charge in [-0.25, -0.2) is 4.98 Å². The van der Waals surface area contributed by atoms with E-state index in [4.69, 9.17) is 4.42 Å². The number of hydrogen-bond acceptors (Lipinski definition) is 2. The number of halogens is 1. The molecule has 1 aromatic heterocycles. The van der Waals surface area contributed by atoms with Crippen LogP contribution in [0.15, 0.2) is 33.5 Å². The van der Waals surface area contributed by atoms with Crippen molar-refractivity contribution in [2.75, 3.05) is 0 Å². The highest BCUT2D eigenvalue weighted by Gasteiger charge is 1.99. The SMILES string of the molecule is Brc1cccc2ncoc12. The van der Waals surface area contributed by atoms with E-state index in [0.717, 1.165) is 15.6 Å². The van der Waals surface area contributed by atoms with Crippen LogP contribution in [0, 0.1) is 0 Å². The lowest BCUT2D eigenvalue weighted by Crippen LogP contribution is -1.66. The quantitative estimate of drug-likeness (QED) is 0.650. The van der Waals surface area contributed by atoms with Gasteiger partial charge < -0.3 is 4.42 Å². The van der Waals surface area contributed by atoms with Crippen molar-refractivity contribution in [2.24, 2.45) is 0 Å². The molecule has 10 heavy (non-hydrogen) atoms. The fourth-order valence-electron chi connectivity index (χ4n) is 0.852. The van der Waals surface area contributed by atoms with E-state index in [1.165, 1.54) is 6.39 Å². The van der Waals surface area contributed by atoms with E-state index < -0.39 is 0 Å². The van der Waals surface area contributed by atoms with E-state index in [-0.39, 0.29) is 0 Å². The summed E-state index contributed by atoms with van der Waals surface area (Å²) in [5, 5.41) is 0. The van der Waals surface area contributed by atoms with Crippen molar-refractivity contribution in [2.45, 2.75) is 0 Å². The first-order valence-corrected chi connectivity index (χ1v) is 3.65. The molecule has 50 valence electrons. The first-order valence-electron chi connectivity index (χ1n) is 2.85. The van der Waals surface area contributed by atoms with E-state index in [9.17, 15) is 0 Å². The van der Waals surface area contributed by atoms with Gasteiger partial charge in [-0.05, 0) is 28.1 Å². The molecule has 1 aromatic carbocycles. The molecule has 0 fully saturated rings. The van der Waals surface area contributed by atoms with Crippen LogP contribution in [0.25, 0.3) is 11.1 Å². The molecule has 0 aliphatic heterocycles. The van der Waals surface area contributed by atoms with Gasteiger partial charge >= 0.3 is 0 Å². The molecule has 0 amide bonds. The molecule has 0 saturated carbocycles. The number of oxazole rings is 1. The van der Waals surface area contributed by atoms with Crippen molar-refractivity contribution in [1.82, 2.24) is 4.98 Å². The van der Waals surface area contributed by atoms with Gasteiger partial charge in [0.15, 0.2) is 12.0 Å². The summed E-state index contributed by atoms with van der Waals surface area (Å²) in [6.07, 6.45) is 1.44. The number of nitrogens with zero attached hydrogens (tertiary/aromatic N) is 1. The summed E-state index contributed by atoms with van der Waals surface area (Å²) < 4.78 is 6.04. The molecule has 0 bridgehead atoms. The molecule has 0 saturated heterocycles. The summed E-state index contributed by atoms with van der Waals surface area (Å²) in [7, 11) is 0. The van der Waals surface area contributed by atoms with Gasteiger partial charge in [-0.2, -0.15) is 0 Å². The Bertz CT molecular complexity index is 355. The van der Waals surface area contributed by atoms with E-state index in [1.54, 1.807) is 0 Å². The Balaban J connectivity index is 2.95. The zero-order valence-corrected chi connectivity index (χ0v) is 6.63. The average molecular weight is 198 g/mol. The average Bonchev–Trinajstić information content (AvgIpc) is 2.36. The Hall–Kier alpha value is -0.830. The third kappa shape index (κ3) is 0.743. The number of aromatic nitrogens is 1. The Morgan fingerprint density at radius 3 is 3.10 bits per heavy atom. The predicted molar refractivity (Wildman–Crippen MR) is 41.7 cm³/mol. The number of benzene rings is 1. The normalized spacial score (nSPS) is 10.5. The van der Waals surface area contributed by atoms with Crippen LogP contribution in [-0.2, 0) is 0 Å². The van der Waals surface area contributed by atoms with Gasteiger partial charge in [-0.1, -0.05) is 6.07 Å². The molecule has 0 spiro atoms. The molecule has 1 heterocycles. The third-order valence-electron chi connectivity index (χ3n) is 1.31. The second kappa shape index (κ2) is 2.09. The van der Waals surface area contributed by atoms with Crippen LogP contribution in [0.1, 0.15) is 0 Å². The smallest absolute Gasteiger partial charge is 0.182 e. The van der Waals surface area contributed by atoms with Gasteiger partial charge in [0, 0.05) is 0 Å². The van der Waals surface area contributed by atoms with Gasteiger partial charge in [-0.3, -0.25) is 0 Å². The summed E-state index contributed by atoms with van der Waals surface area (Å²) in [6, 6.07) is 5.76. The van der Waals surface area contributed by atoms with Crippen LogP contribution >= 0.6 is 15.9 Å². The van der Waals surface area contributed by atoms with Gasteiger partial charge in [-0.15, -0.1) is 0 Å². The van der Waals surface area contributed by atoms with Crippen molar-refractivity contribution in [3.63, 3.8) is 0 Å². The van der Waals surface area contributed by atoms with Gasteiger partial charge in [0.1, 0.15) is 5.52 Å². The van der Waals surface area contributed by atoms with E-state index >= 15 is 0 Å². The molecule has 0 radical (unpaired) electrons. The van der Waals surface area contributed by atoms with Gasteiger partial charge in [0.2, 0.25) is 0 Å². The molecule has 2 rings (SSSR count). The molecule has 0 aliphatic rings. The maximum atomic E-state index is 5.09. The van der Waals surface area contributed by atoms with E-state index in [2.05, 4.69) is 20.9 Å². The summed E-state index contributed by atoms with van der Waals surface area (Å²) in [4.78, 5) is 3.98. The van der Waals surface area contributed by atoms with Crippen LogP contribution in [0.4, 0.5) is 0 Å². The summed E-state index contributed by atoms with van der Waals surface area (Å²) >= 11 is 3.34. The second-order valence-corrected chi connectivity index (χ2v) is 2.79. The standard InChI is InChI=1S/C7H4BrNO/c8-5-2-1-3-6-7(5)10-4-9-6/h1-4H. The Kier molecular flexibility index (Phi) is 1.24. The number of hydrogen-bond donors (Lipinski definition) is 0. The fourth-order valence-corrected chi connectivity index (χ4v) is 1.30. The zero-order valence-electron chi connectivity index (χ0n) is 5.04. The monoisotopic (exact) mass is 197 g/mol. The van der Waals surface area contributed by atoms with Crippen molar-refractivity contribution in [3.8, 4) is 0 Å². The molecular weight excluding hydrogens is 194 g/mol. The van der Waals surface area contributed by atoms with Crippen LogP contribution in [-0.4, -0.2) is 4.98 Å². The van der Waals surface area contributed by atoms with E-state index in [1.807, 2.05) is 18.2 Å². The van der Waals surface area contributed by atoms with E-state index in [0.29, 0.717) is 0 Å². The maximum Gasteiger partial charge on any atom is 0.182 e. The molecule has 2 aromatic rings. The second-order valence-electron chi connectivity index (χ2n) is 1.94. The van der Waals surface area contributed by atoms with Crippen LogP contribution in [0.3, 0.4) is 0 Å². The Morgan fingerprint density at radius 1 is 1.40 bits per heavy atom. The van der Waals surface area contributed by atoms with Crippen molar-refractivity contribution in [1.29, 1.82) is 0 Å². The summed E-state index contributed by atoms with van der Waals surface area (Å²) in [5.74, 6) is 0. The summed E-state index contributed by atoms with van der Waals surface area (Å²) in [6.45, 7) is 0. The molecule has 2 nitrogen and oxygen atoms in total. The third-order valence-corrected chi connectivity index (χ3v) is 1.93. The molecule has 0 aliphatic carbocycles.